The predicted molar refractivity (Wildman–Crippen MR) is 68.5 cm³/mol. The molecule has 0 rings (SSSR count). The summed E-state index contributed by atoms with van der Waals surface area (Å²) in [6.07, 6.45) is 0.571. The summed E-state index contributed by atoms with van der Waals surface area (Å²) in [6.45, 7) is 7.93. The van der Waals surface area contributed by atoms with E-state index in [2.05, 4.69) is 5.16 Å². The second kappa shape index (κ2) is 6.20. The van der Waals surface area contributed by atoms with Crippen LogP contribution in [0.1, 0.15) is 34.1 Å². The van der Waals surface area contributed by atoms with Crippen LogP contribution in [0.15, 0.2) is 5.16 Å². The SMILES string of the molecule is CCN(CC(N)=NO)S(=O)(=O)CCC(C)(C)C. The van der Waals surface area contributed by atoms with Crippen molar-refractivity contribution in [1.29, 1.82) is 0 Å². The minimum Gasteiger partial charge on any atom is -0.409 e. The van der Waals surface area contributed by atoms with E-state index in [9.17, 15) is 8.42 Å². The summed E-state index contributed by atoms with van der Waals surface area (Å²) < 4.78 is 25.2. The zero-order chi connectivity index (χ0) is 13.7. The molecule has 0 saturated carbocycles. The lowest BCUT2D eigenvalue weighted by molar-refractivity contribution is 0.314. The monoisotopic (exact) mass is 265 g/mol. The van der Waals surface area contributed by atoms with Gasteiger partial charge < -0.3 is 10.9 Å². The van der Waals surface area contributed by atoms with Gasteiger partial charge in [-0.25, -0.2) is 8.42 Å². The van der Waals surface area contributed by atoms with Gasteiger partial charge in [0.25, 0.3) is 0 Å². The predicted octanol–water partition coefficient (Wildman–Crippen LogP) is 0.821. The second-order valence-electron chi connectivity index (χ2n) is 5.14. The fourth-order valence-corrected chi connectivity index (χ4v) is 3.03. The quantitative estimate of drug-likeness (QED) is 0.321. The molecule has 0 radical (unpaired) electrons. The maximum Gasteiger partial charge on any atom is 0.214 e. The Morgan fingerprint density at radius 2 is 1.94 bits per heavy atom. The van der Waals surface area contributed by atoms with Crippen LogP contribution in [0.25, 0.3) is 0 Å². The number of likely N-dealkylation sites (N-methyl/N-ethyl adjacent to an activating group) is 1. The van der Waals surface area contributed by atoms with Crippen LogP contribution in [0, 0.1) is 5.41 Å². The van der Waals surface area contributed by atoms with E-state index < -0.39 is 10.0 Å². The molecule has 3 N–H and O–H groups in total. The number of nitrogens with zero attached hydrogens (tertiary/aromatic N) is 2. The minimum absolute atomic E-state index is 0.0386. The molecule has 0 aromatic heterocycles. The zero-order valence-electron chi connectivity index (χ0n) is 11.0. The summed E-state index contributed by atoms with van der Waals surface area (Å²) in [5.74, 6) is -0.0329. The first-order valence-corrected chi connectivity index (χ1v) is 7.17. The van der Waals surface area contributed by atoms with Crippen LogP contribution >= 0.6 is 0 Å². The highest BCUT2D eigenvalue weighted by molar-refractivity contribution is 7.89. The molecular formula is C10H23N3O3S. The number of amidine groups is 1. The molecule has 0 aromatic carbocycles. The number of oxime groups is 1. The van der Waals surface area contributed by atoms with E-state index in [0.717, 1.165) is 0 Å². The third-order valence-corrected chi connectivity index (χ3v) is 4.22. The van der Waals surface area contributed by atoms with Gasteiger partial charge in [0, 0.05) is 6.54 Å². The Bertz CT molecular complexity index is 357. The highest BCUT2D eigenvalue weighted by atomic mass is 32.2. The van der Waals surface area contributed by atoms with Gasteiger partial charge in [0.05, 0.1) is 12.3 Å². The molecule has 0 fully saturated rings. The molecule has 0 unspecified atom stereocenters. The van der Waals surface area contributed by atoms with Gasteiger partial charge in [0.15, 0.2) is 5.84 Å². The molecule has 0 spiro atoms. The summed E-state index contributed by atoms with van der Waals surface area (Å²) in [7, 11) is -3.35. The Labute approximate surface area is 104 Å². The van der Waals surface area contributed by atoms with Crippen molar-refractivity contribution in [2.24, 2.45) is 16.3 Å². The molecule has 102 valence electrons. The zero-order valence-corrected chi connectivity index (χ0v) is 11.8. The van der Waals surface area contributed by atoms with Crippen molar-refractivity contribution in [3.8, 4) is 0 Å². The van der Waals surface area contributed by atoms with E-state index in [1.807, 2.05) is 20.8 Å². The highest BCUT2D eigenvalue weighted by Gasteiger charge is 2.24. The fourth-order valence-electron chi connectivity index (χ4n) is 1.18. The standard InChI is InChI=1S/C10H23N3O3S/c1-5-13(8-9(11)12-14)17(15,16)7-6-10(2,3)4/h14H,5-8H2,1-4H3,(H2,11,12). The first-order valence-electron chi connectivity index (χ1n) is 5.56. The average Bonchev–Trinajstić information content (AvgIpc) is 2.21. The van der Waals surface area contributed by atoms with Crippen LogP contribution in [-0.2, 0) is 10.0 Å². The van der Waals surface area contributed by atoms with Crippen LogP contribution in [0.2, 0.25) is 0 Å². The lowest BCUT2D eigenvalue weighted by Gasteiger charge is -2.23. The molecule has 0 aliphatic carbocycles. The molecule has 0 bridgehead atoms. The lowest BCUT2D eigenvalue weighted by atomic mass is 9.94. The van der Waals surface area contributed by atoms with E-state index in [1.165, 1.54) is 4.31 Å². The van der Waals surface area contributed by atoms with Crippen molar-refractivity contribution in [3.05, 3.63) is 0 Å². The van der Waals surface area contributed by atoms with Crippen molar-refractivity contribution in [3.63, 3.8) is 0 Å². The Kier molecular flexibility index (Phi) is 5.91. The molecule has 17 heavy (non-hydrogen) atoms. The maximum absolute atomic E-state index is 12.0. The third-order valence-electron chi connectivity index (χ3n) is 2.32. The van der Waals surface area contributed by atoms with Crippen molar-refractivity contribution in [1.82, 2.24) is 4.31 Å². The maximum atomic E-state index is 12.0. The van der Waals surface area contributed by atoms with Crippen LogP contribution in [0.3, 0.4) is 0 Å². The number of rotatable bonds is 6. The third kappa shape index (κ3) is 6.48. The van der Waals surface area contributed by atoms with Crippen molar-refractivity contribution >= 4 is 15.9 Å². The summed E-state index contributed by atoms with van der Waals surface area (Å²) >= 11 is 0. The van der Waals surface area contributed by atoms with Crippen molar-refractivity contribution < 1.29 is 13.6 Å². The first-order chi connectivity index (χ1) is 7.62. The van der Waals surface area contributed by atoms with E-state index in [0.29, 0.717) is 13.0 Å². The molecule has 0 heterocycles. The van der Waals surface area contributed by atoms with Crippen LogP contribution in [0.4, 0.5) is 0 Å². The van der Waals surface area contributed by atoms with E-state index in [-0.39, 0.29) is 23.5 Å². The number of sulfonamides is 1. The summed E-state index contributed by atoms with van der Waals surface area (Å²) in [6, 6.07) is 0. The number of hydrogen-bond donors (Lipinski definition) is 2. The van der Waals surface area contributed by atoms with Gasteiger partial charge in [-0.2, -0.15) is 4.31 Å². The van der Waals surface area contributed by atoms with Gasteiger partial charge in [-0.1, -0.05) is 32.9 Å². The van der Waals surface area contributed by atoms with Gasteiger partial charge in [-0.3, -0.25) is 0 Å². The average molecular weight is 265 g/mol. The highest BCUT2D eigenvalue weighted by Crippen LogP contribution is 2.20. The van der Waals surface area contributed by atoms with Crippen LogP contribution < -0.4 is 5.73 Å². The Balaban J connectivity index is 4.65. The van der Waals surface area contributed by atoms with Gasteiger partial charge in [-0.05, 0) is 11.8 Å². The summed E-state index contributed by atoms with van der Waals surface area (Å²) in [4.78, 5) is 0. The Morgan fingerprint density at radius 1 is 1.41 bits per heavy atom. The lowest BCUT2D eigenvalue weighted by Crippen LogP contribution is -2.40. The molecule has 0 aromatic rings. The molecule has 0 aliphatic heterocycles. The molecular weight excluding hydrogens is 242 g/mol. The molecule has 0 saturated heterocycles. The van der Waals surface area contributed by atoms with E-state index in [4.69, 9.17) is 10.9 Å². The van der Waals surface area contributed by atoms with Gasteiger partial charge in [0.1, 0.15) is 0 Å². The number of hydrogen-bond acceptors (Lipinski definition) is 4. The number of nitrogens with two attached hydrogens (primary N) is 1. The van der Waals surface area contributed by atoms with Gasteiger partial charge >= 0.3 is 0 Å². The van der Waals surface area contributed by atoms with E-state index in [1.54, 1.807) is 6.92 Å². The second-order valence-corrected chi connectivity index (χ2v) is 7.23. The van der Waals surface area contributed by atoms with Crippen LogP contribution in [0.5, 0.6) is 0 Å². The normalized spacial score (nSPS) is 14.3. The molecule has 6 nitrogen and oxygen atoms in total. The Morgan fingerprint density at radius 3 is 2.29 bits per heavy atom. The summed E-state index contributed by atoms with van der Waals surface area (Å²) in [5, 5.41) is 11.2. The van der Waals surface area contributed by atoms with Crippen molar-refractivity contribution in [2.75, 3.05) is 18.8 Å². The molecule has 0 atom stereocenters. The topological polar surface area (TPSA) is 96.0 Å². The fraction of sp³-hybridized carbons (Fsp3) is 0.900. The largest absolute Gasteiger partial charge is 0.409 e. The summed E-state index contributed by atoms with van der Waals surface area (Å²) in [5.41, 5.74) is 5.28. The molecule has 7 heteroatoms. The van der Waals surface area contributed by atoms with Gasteiger partial charge in [0.2, 0.25) is 10.0 Å². The van der Waals surface area contributed by atoms with Gasteiger partial charge in [-0.15, -0.1) is 0 Å². The first kappa shape index (κ1) is 16.2. The Hall–Kier alpha value is -0.820. The van der Waals surface area contributed by atoms with E-state index >= 15 is 0 Å². The minimum atomic E-state index is -3.35. The smallest absolute Gasteiger partial charge is 0.214 e. The van der Waals surface area contributed by atoms with Crippen molar-refractivity contribution in [2.45, 2.75) is 34.1 Å². The van der Waals surface area contributed by atoms with Crippen LogP contribution in [-0.4, -0.2) is 42.6 Å². The molecule has 0 amide bonds. The molecule has 0 aliphatic rings.